The van der Waals surface area contributed by atoms with Gasteiger partial charge >= 0.3 is 7.82 Å². The number of hydrogen-bond acceptors (Lipinski definition) is 13. The van der Waals surface area contributed by atoms with Crippen LogP contribution in [0.15, 0.2) is 49.1 Å². The first-order valence-corrected chi connectivity index (χ1v) is 18.8. The number of amides is 1. The van der Waals surface area contributed by atoms with Crippen molar-refractivity contribution in [2.45, 2.75) is 65.7 Å². The van der Waals surface area contributed by atoms with E-state index < -0.39 is 36.6 Å². The van der Waals surface area contributed by atoms with Gasteiger partial charge in [0.05, 0.1) is 61.2 Å². The summed E-state index contributed by atoms with van der Waals surface area (Å²) in [5, 5.41) is 10.3. The molecule has 0 fully saturated rings. The average molecular weight is 778 g/mol. The number of phosphoric acid groups is 1. The molecule has 0 aliphatic rings. The van der Waals surface area contributed by atoms with Crippen molar-refractivity contribution in [1.82, 2.24) is 24.6 Å². The van der Waals surface area contributed by atoms with Gasteiger partial charge in [-0.1, -0.05) is 6.07 Å². The molecule has 296 valence electrons. The molecule has 0 aliphatic heterocycles. The number of nitrogens with zero attached hydrogens (tertiary/aromatic N) is 5. The summed E-state index contributed by atoms with van der Waals surface area (Å²) in [5.74, 6) is -1.37. The minimum Gasteiger partial charge on any atom is -0.493 e. The first-order valence-electron chi connectivity index (χ1n) is 17.3. The second kappa shape index (κ2) is 18.9. The zero-order valence-corrected chi connectivity index (χ0v) is 32.9. The van der Waals surface area contributed by atoms with Crippen molar-refractivity contribution in [3.63, 3.8) is 0 Å². The van der Waals surface area contributed by atoms with Crippen molar-refractivity contribution in [3.05, 3.63) is 60.7 Å². The molecule has 54 heavy (non-hydrogen) atoms. The Balaban J connectivity index is 1.35. The molecule has 2 aromatic heterocycles. The number of aromatic nitrogens is 4. The van der Waals surface area contributed by atoms with Gasteiger partial charge in [0.1, 0.15) is 18.7 Å². The van der Waals surface area contributed by atoms with E-state index in [9.17, 15) is 18.1 Å². The van der Waals surface area contributed by atoms with Crippen molar-refractivity contribution in [3.8, 4) is 11.5 Å². The SMILES string of the molecule is COCCN(CCCOc1cc2ncnc(Nc3cnn(CC(=O)Nc4cccc(F)c4F)c3)c2cc1OC)CCOP(=O)(OC(C)(C)C)OC(C)(C)C. The molecule has 0 radical (unpaired) electrons. The van der Waals surface area contributed by atoms with E-state index in [-0.39, 0.29) is 18.8 Å². The van der Waals surface area contributed by atoms with E-state index in [1.807, 2.05) is 0 Å². The van der Waals surface area contributed by atoms with E-state index in [0.29, 0.717) is 73.2 Å². The summed E-state index contributed by atoms with van der Waals surface area (Å²) < 4.78 is 76.5. The topological polar surface area (TPSA) is 160 Å². The third kappa shape index (κ3) is 13.2. The lowest BCUT2D eigenvalue weighted by Gasteiger charge is -2.31. The molecule has 0 bridgehead atoms. The number of benzene rings is 2. The first kappa shape index (κ1) is 42.5. The fourth-order valence-electron chi connectivity index (χ4n) is 5.07. The highest BCUT2D eigenvalue weighted by molar-refractivity contribution is 7.48. The molecule has 0 spiro atoms. The number of ether oxygens (including phenoxy) is 3. The Labute approximate surface area is 314 Å². The lowest BCUT2D eigenvalue weighted by molar-refractivity contribution is -0.116. The summed E-state index contributed by atoms with van der Waals surface area (Å²) in [5.41, 5.74) is -0.612. The summed E-state index contributed by atoms with van der Waals surface area (Å²) in [7, 11) is -0.670. The minimum atomic E-state index is -3.84. The van der Waals surface area contributed by atoms with Crippen LogP contribution in [0.3, 0.4) is 0 Å². The standard InChI is InChI=1S/C36H50F2N7O8P/c1-35(2,3)52-54(47,53-36(4,5)6)51-18-15-44(14-17-48-7)13-10-16-50-31-20-29-26(19-30(31)49-8)34(40-24-39-29)42-25-21-41-45(22-25)23-32(46)43-28-12-9-11-27(37)33(28)38/h9,11-12,19-22,24H,10,13-18,23H2,1-8H3,(H,43,46)(H,39,40,42). The second-order valence-corrected chi connectivity index (χ2v) is 15.7. The number of halogens is 2. The zero-order valence-electron chi connectivity index (χ0n) is 32.0. The summed E-state index contributed by atoms with van der Waals surface area (Å²) in [4.78, 5) is 23.4. The molecule has 18 heteroatoms. The number of fused-ring (bicyclic) bond motifs is 1. The van der Waals surface area contributed by atoms with Gasteiger partial charge in [-0.2, -0.15) is 5.10 Å². The molecule has 1 amide bonds. The monoisotopic (exact) mass is 777 g/mol. The summed E-state index contributed by atoms with van der Waals surface area (Å²) >= 11 is 0. The van der Waals surface area contributed by atoms with Gasteiger partial charge in [0.15, 0.2) is 23.1 Å². The van der Waals surface area contributed by atoms with E-state index in [1.165, 1.54) is 36.4 Å². The third-order valence-corrected chi connectivity index (χ3v) is 9.31. The minimum absolute atomic E-state index is 0.122. The molecule has 0 saturated heterocycles. The maximum absolute atomic E-state index is 14.0. The van der Waals surface area contributed by atoms with Gasteiger partial charge in [-0.05, 0) is 66.2 Å². The average Bonchev–Trinajstić information content (AvgIpc) is 3.51. The zero-order chi connectivity index (χ0) is 39.5. The van der Waals surface area contributed by atoms with E-state index >= 15 is 0 Å². The summed E-state index contributed by atoms with van der Waals surface area (Å²) in [6, 6.07) is 7.06. The molecule has 0 atom stereocenters. The number of carbonyl (C=O) groups is 1. The van der Waals surface area contributed by atoms with Gasteiger partial charge in [0.2, 0.25) is 5.91 Å². The van der Waals surface area contributed by atoms with E-state index in [1.54, 1.807) is 67.0 Å². The molecular weight excluding hydrogens is 727 g/mol. The molecule has 4 rings (SSSR count). The number of phosphoric ester groups is 1. The van der Waals surface area contributed by atoms with Crippen molar-refractivity contribution in [2.24, 2.45) is 0 Å². The Morgan fingerprint density at radius 3 is 2.35 bits per heavy atom. The third-order valence-electron chi connectivity index (χ3n) is 7.26. The molecule has 0 saturated carbocycles. The van der Waals surface area contributed by atoms with Crippen LogP contribution >= 0.6 is 7.82 Å². The molecule has 0 aliphatic carbocycles. The maximum Gasteiger partial charge on any atom is 0.475 e. The van der Waals surface area contributed by atoms with Crippen molar-refractivity contribution in [1.29, 1.82) is 0 Å². The predicted octanol–water partition coefficient (Wildman–Crippen LogP) is 6.97. The van der Waals surface area contributed by atoms with Crippen molar-refractivity contribution >= 4 is 41.8 Å². The molecule has 2 N–H and O–H groups in total. The Morgan fingerprint density at radius 2 is 1.67 bits per heavy atom. The smallest absolute Gasteiger partial charge is 0.475 e. The predicted molar refractivity (Wildman–Crippen MR) is 200 cm³/mol. The van der Waals surface area contributed by atoms with Crippen LogP contribution < -0.4 is 20.1 Å². The normalized spacial score (nSPS) is 12.4. The summed E-state index contributed by atoms with van der Waals surface area (Å²) in [6.07, 6.45) is 5.12. The summed E-state index contributed by atoms with van der Waals surface area (Å²) in [6.45, 7) is 13.2. The van der Waals surface area contributed by atoms with Crippen LogP contribution in [0.2, 0.25) is 0 Å². The number of anilines is 3. The Kier molecular flexibility index (Phi) is 14.8. The Bertz CT molecular complexity index is 1880. The number of methoxy groups -OCH3 is 2. The van der Waals surface area contributed by atoms with Gasteiger partial charge in [-0.15, -0.1) is 0 Å². The number of carbonyl (C=O) groups excluding carboxylic acids is 1. The highest BCUT2D eigenvalue weighted by Gasteiger charge is 2.37. The van der Waals surface area contributed by atoms with Crippen LogP contribution in [0, 0.1) is 11.6 Å². The number of nitrogens with one attached hydrogen (secondary N) is 2. The number of hydrogen-bond donors (Lipinski definition) is 2. The lowest BCUT2D eigenvalue weighted by atomic mass is 10.2. The van der Waals surface area contributed by atoms with E-state index in [4.69, 9.17) is 27.8 Å². The van der Waals surface area contributed by atoms with Crippen molar-refractivity contribution < 1.29 is 45.9 Å². The molecule has 15 nitrogen and oxygen atoms in total. The van der Waals surface area contributed by atoms with Gasteiger partial charge in [0, 0.05) is 44.4 Å². The van der Waals surface area contributed by atoms with Crippen LogP contribution in [0.4, 0.5) is 26.0 Å². The maximum atomic E-state index is 14.0. The van der Waals surface area contributed by atoms with Crippen LogP contribution in [0.25, 0.3) is 10.9 Å². The lowest BCUT2D eigenvalue weighted by Crippen LogP contribution is -2.33. The van der Waals surface area contributed by atoms with E-state index in [0.717, 1.165) is 6.07 Å². The van der Waals surface area contributed by atoms with Gasteiger partial charge in [-0.25, -0.2) is 23.3 Å². The second-order valence-electron chi connectivity index (χ2n) is 14.2. The van der Waals surface area contributed by atoms with E-state index in [2.05, 4.69) is 30.6 Å². The Morgan fingerprint density at radius 1 is 0.944 bits per heavy atom. The molecule has 4 aromatic rings. The number of rotatable bonds is 20. The molecular formula is C36H50F2N7O8P. The van der Waals surface area contributed by atoms with Crippen molar-refractivity contribution in [2.75, 3.05) is 64.3 Å². The van der Waals surface area contributed by atoms with Gasteiger partial charge in [-0.3, -0.25) is 27.9 Å². The van der Waals surface area contributed by atoms with Crippen LogP contribution in [0.5, 0.6) is 11.5 Å². The quantitative estimate of drug-likeness (QED) is 0.0701. The van der Waals surface area contributed by atoms with Crippen LogP contribution in [-0.2, 0) is 34.2 Å². The van der Waals surface area contributed by atoms with Gasteiger partial charge in [0.25, 0.3) is 0 Å². The van der Waals surface area contributed by atoms with Gasteiger partial charge < -0.3 is 24.8 Å². The van der Waals surface area contributed by atoms with Crippen LogP contribution in [0.1, 0.15) is 48.0 Å². The molecule has 0 unspecified atom stereocenters. The largest absolute Gasteiger partial charge is 0.493 e. The first-order chi connectivity index (χ1) is 25.5. The highest BCUT2D eigenvalue weighted by atomic mass is 31.2. The van der Waals surface area contributed by atoms with Crippen LogP contribution in [-0.4, -0.2) is 95.4 Å². The highest BCUT2D eigenvalue weighted by Crippen LogP contribution is 2.55. The molecule has 2 aromatic carbocycles. The molecule has 2 heterocycles. The fourth-order valence-corrected chi connectivity index (χ4v) is 6.86. The fraction of sp³-hybridized carbons (Fsp3) is 0.500. The Hall–Kier alpha value is -4.25.